The summed E-state index contributed by atoms with van der Waals surface area (Å²) in [6, 6.07) is 4.98. The Kier molecular flexibility index (Phi) is 4.53. The molecule has 7 heteroatoms. The van der Waals surface area contributed by atoms with Crippen LogP contribution >= 0.6 is 12.4 Å². The Labute approximate surface area is 134 Å². The van der Waals surface area contributed by atoms with E-state index in [0.717, 1.165) is 11.4 Å². The molecule has 1 aromatic rings. The van der Waals surface area contributed by atoms with Crippen LogP contribution in [-0.4, -0.2) is 60.2 Å². The molecule has 0 radical (unpaired) electrons. The molecule has 0 spiro atoms. The minimum Gasteiger partial charge on any atom is -0.336 e. The van der Waals surface area contributed by atoms with Crippen LogP contribution in [-0.2, 0) is 0 Å². The van der Waals surface area contributed by atoms with Crippen molar-refractivity contribution in [2.45, 2.75) is 13.0 Å². The predicted octanol–water partition coefficient (Wildman–Crippen LogP) is 0.768. The van der Waals surface area contributed by atoms with Gasteiger partial charge in [-0.3, -0.25) is 19.3 Å². The first-order valence-electron chi connectivity index (χ1n) is 6.98. The Morgan fingerprint density at radius 2 is 1.91 bits per heavy atom. The molecule has 1 atom stereocenters. The molecule has 3 rings (SSSR count). The highest BCUT2D eigenvalue weighted by molar-refractivity contribution is 6.21. The van der Waals surface area contributed by atoms with Gasteiger partial charge < -0.3 is 10.2 Å². The number of benzene rings is 1. The molecule has 0 aliphatic carbocycles. The van der Waals surface area contributed by atoms with Crippen molar-refractivity contribution in [2.75, 3.05) is 26.7 Å². The fourth-order valence-corrected chi connectivity index (χ4v) is 2.79. The number of hydrogen-bond donors (Lipinski definition) is 1. The lowest BCUT2D eigenvalue weighted by Crippen LogP contribution is -2.51. The molecular weight excluding hydrogens is 306 g/mol. The van der Waals surface area contributed by atoms with Crippen molar-refractivity contribution >= 4 is 30.1 Å². The molecule has 6 nitrogen and oxygen atoms in total. The summed E-state index contributed by atoms with van der Waals surface area (Å²) < 4.78 is 0. The molecule has 118 valence electrons. The second-order valence-corrected chi connectivity index (χ2v) is 5.54. The third-order valence-corrected chi connectivity index (χ3v) is 3.99. The van der Waals surface area contributed by atoms with E-state index in [1.165, 1.54) is 13.1 Å². The third kappa shape index (κ3) is 2.60. The normalized spacial score (nSPS) is 20.7. The number of nitrogens with one attached hydrogen (secondary N) is 1. The molecule has 0 bridgehead atoms. The zero-order valence-corrected chi connectivity index (χ0v) is 13.3. The van der Waals surface area contributed by atoms with Crippen LogP contribution in [0, 0.1) is 0 Å². The van der Waals surface area contributed by atoms with Gasteiger partial charge in [0.15, 0.2) is 0 Å². The van der Waals surface area contributed by atoms with Gasteiger partial charge in [-0.25, -0.2) is 0 Å². The zero-order chi connectivity index (χ0) is 15.1. The van der Waals surface area contributed by atoms with Crippen LogP contribution in [0.25, 0.3) is 0 Å². The smallest absolute Gasteiger partial charge is 0.261 e. The van der Waals surface area contributed by atoms with Gasteiger partial charge in [0.1, 0.15) is 0 Å². The molecule has 0 aromatic heterocycles. The highest BCUT2D eigenvalue weighted by Gasteiger charge is 2.33. The second kappa shape index (κ2) is 6.06. The SMILES string of the molecule is CC1CN(C(=O)c2ccc3c(c2)C(=O)N(C)C3=O)CCN1.Cl. The Hall–Kier alpha value is -1.92. The Morgan fingerprint density at radius 1 is 1.23 bits per heavy atom. The number of amides is 3. The third-order valence-electron chi connectivity index (χ3n) is 3.99. The van der Waals surface area contributed by atoms with E-state index >= 15 is 0 Å². The van der Waals surface area contributed by atoms with E-state index in [-0.39, 0.29) is 36.2 Å². The van der Waals surface area contributed by atoms with Crippen molar-refractivity contribution in [1.82, 2.24) is 15.1 Å². The number of piperazine rings is 1. The molecule has 1 saturated heterocycles. The highest BCUT2D eigenvalue weighted by Crippen LogP contribution is 2.23. The van der Waals surface area contributed by atoms with Gasteiger partial charge in [-0.1, -0.05) is 0 Å². The first-order chi connectivity index (χ1) is 9.99. The molecule has 3 amide bonds. The van der Waals surface area contributed by atoms with Crippen molar-refractivity contribution < 1.29 is 14.4 Å². The lowest BCUT2D eigenvalue weighted by atomic mass is 10.0. The summed E-state index contributed by atoms with van der Waals surface area (Å²) in [5, 5.41) is 3.28. The molecule has 1 unspecified atom stereocenters. The average molecular weight is 324 g/mol. The van der Waals surface area contributed by atoms with Crippen molar-refractivity contribution in [2.24, 2.45) is 0 Å². The first kappa shape index (κ1) is 16.5. The monoisotopic (exact) mass is 323 g/mol. The van der Waals surface area contributed by atoms with E-state index in [9.17, 15) is 14.4 Å². The molecule has 1 N–H and O–H groups in total. The number of imide groups is 1. The summed E-state index contributed by atoms with van der Waals surface area (Å²) in [6.07, 6.45) is 0. The van der Waals surface area contributed by atoms with Gasteiger partial charge >= 0.3 is 0 Å². The second-order valence-electron chi connectivity index (χ2n) is 5.54. The minimum atomic E-state index is -0.349. The number of rotatable bonds is 1. The number of nitrogens with zero attached hydrogens (tertiary/aromatic N) is 2. The number of halogens is 1. The highest BCUT2D eigenvalue weighted by atomic mass is 35.5. The topological polar surface area (TPSA) is 69.7 Å². The van der Waals surface area contributed by atoms with E-state index < -0.39 is 0 Å². The van der Waals surface area contributed by atoms with Gasteiger partial charge in [-0.15, -0.1) is 12.4 Å². The van der Waals surface area contributed by atoms with Gasteiger partial charge in [0.05, 0.1) is 11.1 Å². The Morgan fingerprint density at radius 3 is 2.59 bits per heavy atom. The minimum absolute atomic E-state index is 0. The van der Waals surface area contributed by atoms with Gasteiger partial charge in [0, 0.05) is 38.3 Å². The largest absolute Gasteiger partial charge is 0.336 e. The fourth-order valence-electron chi connectivity index (χ4n) is 2.79. The summed E-state index contributed by atoms with van der Waals surface area (Å²) in [4.78, 5) is 39.2. The molecule has 1 aromatic carbocycles. The number of fused-ring (bicyclic) bond motifs is 1. The first-order valence-corrected chi connectivity index (χ1v) is 6.98. The molecule has 0 saturated carbocycles. The molecule has 22 heavy (non-hydrogen) atoms. The van der Waals surface area contributed by atoms with Crippen molar-refractivity contribution in [1.29, 1.82) is 0 Å². The van der Waals surface area contributed by atoms with Crippen LogP contribution in [0.15, 0.2) is 18.2 Å². The average Bonchev–Trinajstić information content (AvgIpc) is 2.71. The lowest BCUT2D eigenvalue weighted by molar-refractivity contribution is 0.0690. The quantitative estimate of drug-likeness (QED) is 0.775. The number of carbonyl (C=O) groups is 3. The van der Waals surface area contributed by atoms with E-state index in [1.54, 1.807) is 17.0 Å². The zero-order valence-electron chi connectivity index (χ0n) is 12.5. The summed E-state index contributed by atoms with van der Waals surface area (Å²) in [5.41, 5.74) is 1.14. The Bertz CT molecular complexity index is 647. The van der Waals surface area contributed by atoms with Crippen LogP contribution in [0.5, 0.6) is 0 Å². The predicted molar refractivity (Wildman–Crippen MR) is 83.5 cm³/mol. The summed E-state index contributed by atoms with van der Waals surface area (Å²) >= 11 is 0. The maximum atomic E-state index is 12.5. The summed E-state index contributed by atoms with van der Waals surface area (Å²) in [6.45, 7) is 4.08. The van der Waals surface area contributed by atoms with Crippen molar-refractivity contribution in [3.63, 3.8) is 0 Å². The summed E-state index contributed by atoms with van der Waals surface area (Å²) in [7, 11) is 1.45. The fraction of sp³-hybridized carbons (Fsp3) is 0.400. The van der Waals surface area contributed by atoms with Crippen LogP contribution in [0.3, 0.4) is 0 Å². The molecular formula is C15H18ClN3O3. The standard InChI is InChI=1S/C15H17N3O3.ClH/c1-9-8-18(6-5-16-9)13(19)10-3-4-11-12(7-10)15(21)17(2)14(11)20;/h3-4,7,9,16H,5-6,8H2,1-2H3;1H. The van der Waals surface area contributed by atoms with Gasteiger partial charge in [0.25, 0.3) is 17.7 Å². The number of carbonyl (C=O) groups excluding carboxylic acids is 3. The Balaban J connectivity index is 0.00000176. The van der Waals surface area contributed by atoms with Crippen LogP contribution in [0.2, 0.25) is 0 Å². The van der Waals surface area contributed by atoms with E-state index in [4.69, 9.17) is 0 Å². The van der Waals surface area contributed by atoms with Crippen LogP contribution < -0.4 is 5.32 Å². The maximum Gasteiger partial charge on any atom is 0.261 e. The van der Waals surface area contributed by atoms with Gasteiger partial charge in [-0.2, -0.15) is 0 Å². The van der Waals surface area contributed by atoms with E-state index in [0.29, 0.717) is 29.8 Å². The van der Waals surface area contributed by atoms with Crippen LogP contribution in [0.1, 0.15) is 38.0 Å². The van der Waals surface area contributed by atoms with Crippen molar-refractivity contribution in [3.05, 3.63) is 34.9 Å². The van der Waals surface area contributed by atoms with Gasteiger partial charge in [0.2, 0.25) is 0 Å². The molecule has 2 aliphatic rings. The molecule has 2 heterocycles. The molecule has 2 aliphatic heterocycles. The molecule has 1 fully saturated rings. The van der Waals surface area contributed by atoms with Gasteiger partial charge in [-0.05, 0) is 25.1 Å². The maximum absolute atomic E-state index is 12.5. The van der Waals surface area contributed by atoms with E-state index in [2.05, 4.69) is 5.32 Å². The van der Waals surface area contributed by atoms with E-state index in [1.807, 2.05) is 6.92 Å². The van der Waals surface area contributed by atoms with Crippen molar-refractivity contribution in [3.8, 4) is 0 Å². The number of hydrogen-bond acceptors (Lipinski definition) is 4. The van der Waals surface area contributed by atoms with Crippen LogP contribution in [0.4, 0.5) is 0 Å². The lowest BCUT2D eigenvalue weighted by Gasteiger charge is -2.32. The summed E-state index contributed by atoms with van der Waals surface area (Å²) in [5.74, 6) is -0.760.